The molecular weight excluding hydrogens is 577 g/mol. The van der Waals surface area contributed by atoms with E-state index in [-0.39, 0.29) is 25.8 Å². The van der Waals surface area contributed by atoms with Gasteiger partial charge in [-0.2, -0.15) is 0 Å². The molecule has 9 heteroatoms. The van der Waals surface area contributed by atoms with Crippen LogP contribution in [0.4, 0.5) is 0 Å². The van der Waals surface area contributed by atoms with E-state index in [0.717, 1.165) is 57.8 Å². The summed E-state index contributed by atoms with van der Waals surface area (Å²) in [6.45, 7) is 5.20. The molecular formula is C35H65NO7P+. The maximum absolute atomic E-state index is 12.2. The van der Waals surface area contributed by atoms with Crippen LogP contribution in [0, 0.1) is 0 Å². The van der Waals surface area contributed by atoms with Crippen LogP contribution in [0.1, 0.15) is 110 Å². The molecule has 0 aromatic heterocycles. The molecule has 2 unspecified atom stereocenters. The number of rotatable bonds is 30. The summed E-state index contributed by atoms with van der Waals surface area (Å²) in [7, 11) is 1.64. The first-order chi connectivity index (χ1) is 21.1. The van der Waals surface area contributed by atoms with Gasteiger partial charge in [0.25, 0.3) is 0 Å². The Morgan fingerprint density at radius 1 is 0.727 bits per heavy atom. The third-order valence-electron chi connectivity index (χ3n) is 6.65. The molecule has 0 fully saturated rings. The van der Waals surface area contributed by atoms with Gasteiger partial charge in [0.2, 0.25) is 0 Å². The number of carbonyl (C=O) groups is 1. The SMILES string of the molecule is CC/C=C\C/C=C\C/C=C\C/C=C\CCCCCCCCCOCC(COP(=O)(O)OCC[N+](C)(C)C)OC(=O)CCCC. The van der Waals surface area contributed by atoms with Gasteiger partial charge in [0, 0.05) is 13.0 Å². The number of nitrogens with zero attached hydrogens (tertiary/aromatic N) is 1. The third-order valence-corrected chi connectivity index (χ3v) is 7.64. The van der Waals surface area contributed by atoms with Crippen molar-refractivity contribution in [2.45, 2.75) is 116 Å². The lowest BCUT2D eigenvalue weighted by molar-refractivity contribution is -0.870. The average molecular weight is 643 g/mol. The molecule has 0 heterocycles. The van der Waals surface area contributed by atoms with Crippen LogP contribution in [0.25, 0.3) is 0 Å². The van der Waals surface area contributed by atoms with E-state index in [0.29, 0.717) is 24.1 Å². The molecule has 0 saturated heterocycles. The normalized spacial score (nSPS) is 14.8. The second-order valence-electron chi connectivity index (χ2n) is 12.2. The van der Waals surface area contributed by atoms with Gasteiger partial charge in [-0.3, -0.25) is 13.8 Å². The van der Waals surface area contributed by atoms with E-state index >= 15 is 0 Å². The Balaban J connectivity index is 3.99. The molecule has 0 bridgehead atoms. The molecule has 0 radical (unpaired) electrons. The molecule has 1 N–H and O–H groups in total. The minimum absolute atomic E-state index is 0.0834. The van der Waals surface area contributed by atoms with Crippen molar-refractivity contribution < 1.29 is 37.3 Å². The van der Waals surface area contributed by atoms with Gasteiger partial charge in [-0.1, -0.05) is 101 Å². The van der Waals surface area contributed by atoms with Gasteiger partial charge >= 0.3 is 13.8 Å². The lowest BCUT2D eigenvalue weighted by Gasteiger charge is -2.24. The molecule has 256 valence electrons. The molecule has 0 rings (SSSR count). The Kier molecular flexibility index (Phi) is 27.9. The van der Waals surface area contributed by atoms with Crippen molar-refractivity contribution in [1.82, 2.24) is 0 Å². The summed E-state index contributed by atoms with van der Waals surface area (Å²) in [6, 6.07) is 0. The van der Waals surface area contributed by atoms with Crippen LogP contribution >= 0.6 is 7.82 Å². The van der Waals surface area contributed by atoms with Crippen LogP contribution in [0.5, 0.6) is 0 Å². The molecule has 0 amide bonds. The standard InChI is InChI=1S/C35H64NO7P/c1-6-8-10-11-12-13-14-15-16-17-18-19-20-21-22-23-24-25-26-27-30-40-32-34(43-35(37)28-9-7-2)33-42-44(38,39)41-31-29-36(3,4)5/h8,10,12-13,15-16,18-19,34H,6-7,9,11,14,17,20-33H2,1-5H3/p+1/b10-8-,13-12-,16-15-,19-18-. The lowest BCUT2D eigenvalue weighted by Crippen LogP contribution is -2.37. The highest BCUT2D eigenvalue weighted by Crippen LogP contribution is 2.43. The van der Waals surface area contributed by atoms with Crippen molar-refractivity contribution in [3.05, 3.63) is 48.6 Å². The summed E-state index contributed by atoms with van der Waals surface area (Å²) < 4.78 is 34.2. The molecule has 0 saturated carbocycles. The number of allylic oxidation sites excluding steroid dienone is 8. The van der Waals surface area contributed by atoms with Crippen molar-refractivity contribution in [2.24, 2.45) is 0 Å². The summed E-state index contributed by atoms with van der Waals surface area (Å²) in [5, 5.41) is 0. The highest BCUT2D eigenvalue weighted by molar-refractivity contribution is 7.47. The fraction of sp³-hybridized carbons (Fsp3) is 0.743. The van der Waals surface area contributed by atoms with Crippen LogP contribution in [-0.4, -0.2) is 75.6 Å². The Morgan fingerprint density at radius 2 is 1.30 bits per heavy atom. The first-order valence-corrected chi connectivity index (χ1v) is 18.4. The molecule has 0 spiro atoms. The van der Waals surface area contributed by atoms with Crippen LogP contribution in [0.2, 0.25) is 0 Å². The fourth-order valence-corrected chi connectivity index (χ4v) is 4.73. The first kappa shape index (κ1) is 42.5. The molecule has 2 atom stereocenters. The minimum Gasteiger partial charge on any atom is -0.457 e. The van der Waals surface area contributed by atoms with Gasteiger partial charge in [0.1, 0.15) is 19.3 Å². The maximum atomic E-state index is 12.2. The first-order valence-electron chi connectivity index (χ1n) is 16.9. The highest BCUT2D eigenvalue weighted by atomic mass is 31.2. The number of likely N-dealkylation sites (N-methyl/N-ethyl adjacent to an activating group) is 1. The number of phosphoric ester groups is 1. The van der Waals surface area contributed by atoms with Crippen molar-refractivity contribution in [3.63, 3.8) is 0 Å². The zero-order chi connectivity index (χ0) is 32.8. The van der Waals surface area contributed by atoms with E-state index in [4.69, 9.17) is 18.5 Å². The number of unbranched alkanes of at least 4 members (excludes halogenated alkanes) is 8. The van der Waals surface area contributed by atoms with Gasteiger partial charge < -0.3 is 18.9 Å². The van der Waals surface area contributed by atoms with E-state index in [1.807, 2.05) is 28.1 Å². The number of esters is 1. The Hall–Kier alpha value is -1.54. The minimum atomic E-state index is -4.25. The van der Waals surface area contributed by atoms with Crippen LogP contribution < -0.4 is 0 Å². The lowest BCUT2D eigenvalue weighted by atomic mass is 10.1. The quantitative estimate of drug-likeness (QED) is 0.0275. The van der Waals surface area contributed by atoms with Gasteiger partial charge in [-0.05, 0) is 51.4 Å². The predicted molar refractivity (Wildman–Crippen MR) is 182 cm³/mol. The number of carbonyl (C=O) groups excluding carboxylic acids is 1. The summed E-state index contributed by atoms with van der Waals surface area (Å²) >= 11 is 0. The number of quaternary nitrogens is 1. The van der Waals surface area contributed by atoms with Crippen molar-refractivity contribution >= 4 is 13.8 Å². The molecule has 0 aliphatic heterocycles. The summed E-state index contributed by atoms with van der Waals surface area (Å²) in [5.74, 6) is -0.357. The van der Waals surface area contributed by atoms with E-state index in [1.165, 1.54) is 32.1 Å². The van der Waals surface area contributed by atoms with Crippen LogP contribution in [0.15, 0.2) is 48.6 Å². The second kappa shape index (κ2) is 28.9. The smallest absolute Gasteiger partial charge is 0.457 e. The fourth-order valence-electron chi connectivity index (χ4n) is 3.99. The molecule has 0 aliphatic carbocycles. The van der Waals surface area contributed by atoms with E-state index < -0.39 is 13.9 Å². The zero-order valence-electron chi connectivity index (χ0n) is 28.6. The average Bonchev–Trinajstić information content (AvgIpc) is 2.96. The largest absolute Gasteiger partial charge is 0.472 e. The number of ether oxygens (including phenoxy) is 2. The second-order valence-corrected chi connectivity index (χ2v) is 13.6. The number of phosphoric acid groups is 1. The summed E-state index contributed by atoms with van der Waals surface area (Å²) in [6.07, 6.45) is 32.4. The highest BCUT2D eigenvalue weighted by Gasteiger charge is 2.26. The van der Waals surface area contributed by atoms with Crippen LogP contribution in [-0.2, 0) is 27.9 Å². The Morgan fingerprint density at radius 3 is 1.89 bits per heavy atom. The topological polar surface area (TPSA) is 91.3 Å². The monoisotopic (exact) mass is 642 g/mol. The zero-order valence-corrected chi connectivity index (χ0v) is 29.5. The van der Waals surface area contributed by atoms with Gasteiger partial charge in [0.05, 0.1) is 34.4 Å². The molecule has 8 nitrogen and oxygen atoms in total. The third kappa shape index (κ3) is 31.9. The van der Waals surface area contributed by atoms with Gasteiger partial charge in [-0.15, -0.1) is 0 Å². The molecule has 0 aromatic carbocycles. The Bertz CT molecular complexity index is 849. The number of hydrogen-bond acceptors (Lipinski definition) is 6. The van der Waals surface area contributed by atoms with Crippen molar-refractivity contribution in [1.29, 1.82) is 0 Å². The molecule has 0 aliphatic rings. The van der Waals surface area contributed by atoms with Crippen LogP contribution in [0.3, 0.4) is 0 Å². The van der Waals surface area contributed by atoms with Crippen molar-refractivity contribution in [3.8, 4) is 0 Å². The van der Waals surface area contributed by atoms with Crippen molar-refractivity contribution in [2.75, 3.05) is 54.1 Å². The van der Waals surface area contributed by atoms with Gasteiger partial charge in [0.15, 0.2) is 0 Å². The van der Waals surface area contributed by atoms with E-state index in [2.05, 4.69) is 55.5 Å². The summed E-state index contributed by atoms with van der Waals surface area (Å²) in [5.41, 5.74) is 0. The summed E-state index contributed by atoms with van der Waals surface area (Å²) in [4.78, 5) is 22.1. The molecule has 44 heavy (non-hydrogen) atoms. The maximum Gasteiger partial charge on any atom is 0.472 e. The van der Waals surface area contributed by atoms with E-state index in [1.54, 1.807) is 0 Å². The Labute approximate surface area is 269 Å². The number of hydrogen-bond donors (Lipinski definition) is 1. The van der Waals surface area contributed by atoms with E-state index in [9.17, 15) is 14.3 Å². The molecule has 0 aromatic rings. The predicted octanol–water partition coefficient (Wildman–Crippen LogP) is 8.87. The van der Waals surface area contributed by atoms with Gasteiger partial charge in [-0.25, -0.2) is 4.57 Å².